The van der Waals surface area contributed by atoms with Crippen LogP contribution in [-0.4, -0.2) is 82.2 Å². The van der Waals surface area contributed by atoms with Gasteiger partial charge in [-0.25, -0.2) is 4.98 Å². The van der Waals surface area contributed by atoms with Gasteiger partial charge in [-0.2, -0.15) is 26.3 Å². The first-order valence-corrected chi connectivity index (χ1v) is 20.6. The van der Waals surface area contributed by atoms with Crippen molar-refractivity contribution in [3.63, 3.8) is 0 Å². The van der Waals surface area contributed by atoms with Crippen molar-refractivity contribution in [3.05, 3.63) is 47.0 Å². The maximum Gasteiger partial charge on any atom is 0.426 e. The SMILES string of the molecule is [2H]Cc1cnc(CN(C(=O)CCOc2ccc3c(c2)CCC2C3CCC3(C)C(OCCCOC(C)(C(F)(F)F)C(F)(F)F)CCC23)C2CCSSC2)[nH]1. The highest BCUT2D eigenvalue weighted by Crippen LogP contribution is 2.61. The fourth-order valence-corrected chi connectivity index (χ4v) is 11.4. The molecule has 1 saturated heterocycles. The number of aromatic nitrogens is 2. The molecule has 1 N–H and O–H groups in total. The van der Waals surface area contributed by atoms with Crippen molar-refractivity contribution in [1.82, 2.24) is 14.9 Å². The van der Waals surface area contributed by atoms with Crippen molar-refractivity contribution < 1.29 is 46.7 Å². The number of hydrogen-bond acceptors (Lipinski definition) is 7. The molecule has 1 aliphatic heterocycles. The van der Waals surface area contributed by atoms with E-state index in [1.807, 2.05) is 21.8 Å². The van der Waals surface area contributed by atoms with Crippen molar-refractivity contribution in [2.75, 3.05) is 31.3 Å². The Labute approximate surface area is 310 Å². The summed E-state index contributed by atoms with van der Waals surface area (Å²) in [6, 6.07) is 6.42. The summed E-state index contributed by atoms with van der Waals surface area (Å²) < 4.78 is 103. The second kappa shape index (κ2) is 15.9. The molecule has 6 rings (SSSR count). The Balaban J connectivity index is 0.999. The van der Waals surface area contributed by atoms with Gasteiger partial charge in [0.1, 0.15) is 11.6 Å². The highest BCUT2D eigenvalue weighted by molar-refractivity contribution is 8.76. The van der Waals surface area contributed by atoms with Crippen LogP contribution in [0.25, 0.3) is 0 Å². The van der Waals surface area contributed by atoms with Gasteiger partial charge in [-0.15, -0.1) is 0 Å². The van der Waals surface area contributed by atoms with Crippen LogP contribution in [0.15, 0.2) is 24.4 Å². The molecule has 4 aliphatic rings. The Bertz CT molecular complexity index is 1540. The van der Waals surface area contributed by atoms with Crippen molar-refractivity contribution in [1.29, 1.82) is 0 Å². The lowest BCUT2D eigenvalue weighted by Crippen LogP contribution is -2.56. The lowest BCUT2D eigenvalue weighted by atomic mass is 9.55. The second-order valence-electron chi connectivity index (χ2n) is 15.0. The maximum atomic E-state index is 13.5. The molecule has 0 bridgehead atoms. The molecule has 1 aromatic heterocycles. The van der Waals surface area contributed by atoms with Crippen LogP contribution in [0.4, 0.5) is 26.3 Å². The number of carbonyl (C=O) groups is 1. The average molecular weight is 779 g/mol. The van der Waals surface area contributed by atoms with Gasteiger partial charge < -0.3 is 24.1 Å². The summed E-state index contributed by atoms with van der Waals surface area (Å²) in [4.78, 5) is 22.9. The molecule has 0 spiro atoms. The summed E-state index contributed by atoms with van der Waals surface area (Å²) >= 11 is 0. The molecule has 1 amide bonds. The summed E-state index contributed by atoms with van der Waals surface area (Å²) in [5.74, 6) is 4.60. The molecule has 3 fully saturated rings. The maximum absolute atomic E-state index is 13.5. The number of imidazole rings is 1. The number of fused-ring (bicyclic) bond motifs is 5. The van der Waals surface area contributed by atoms with E-state index in [0.717, 1.165) is 67.9 Å². The van der Waals surface area contributed by atoms with Crippen LogP contribution in [0.5, 0.6) is 5.75 Å². The van der Waals surface area contributed by atoms with Crippen LogP contribution in [0.3, 0.4) is 0 Å². The molecule has 7 nitrogen and oxygen atoms in total. The number of amides is 1. The van der Waals surface area contributed by atoms with E-state index in [-0.39, 0.29) is 63.3 Å². The third kappa shape index (κ3) is 8.27. The molecule has 3 aliphatic carbocycles. The molecule has 2 aromatic rings. The highest BCUT2D eigenvalue weighted by atomic mass is 33.1. The molecular formula is C37H49F6N3O4S2. The standard InChI is InChI=1S/C37H49F6N3O4S2/c1-23-20-44-32(45-23)21-46(25-13-18-51-52-22-25)33(47)12-17-48-26-6-8-27-24(19-26)5-7-29-28(27)11-14-34(2)30(29)9-10-31(34)49-15-4-16-50-35(3,36(38,39)40)37(41,42)43/h6,8,19-20,25,28-31H,4-5,7,9-18,21-22H2,1-3H3,(H,44,45)/i1D. The van der Waals surface area contributed by atoms with E-state index in [1.54, 1.807) is 17.0 Å². The van der Waals surface area contributed by atoms with Gasteiger partial charge in [-0.3, -0.25) is 4.79 Å². The number of alkyl halides is 6. The molecule has 15 heteroatoms. The molecule has 0 radical (unpaired) electrons. The number of aromatic amines is 1. The van der Waals surface area contributed by atoms with Crippen molar-refractivity contribution in [2.24, 2.45) is 17.3 Å². The molecule has 2 heterocycles. The molecule has 290 valence electrons. The van der Waals surface area contributed by atoms with E-state index in [4.69, 9.17) is 10.8 Å². The molecule has 52 heavy (non-hydrogen) atoms. The average Bonchev–Trinajstić information content (AvgIpc) is 3.73. The van der Waals surface area contributed by atoms with E-state index in [1.165, 1.54) is 11.1 Å². The Morgan fingerprint density at radius 2 is 1.88 bits per heavy atom. The summed E-state index contributed by atoms with van der Waals surface area (Å²) in [5, 5.41) is 0. The van der Waals surface area contributed by atoms with E-state index in [9.17, 15) is 31.1 Å². The smallest absolute Gasteiger partial charge is 0.426 e. The Kier molecular flexibility index (Phi) is 11.7. The first-order chi connectivity index (χ1) is 25.1. The van der Waals surface area contributed by atoms with Gasteiger partial charge >= 0.3 is 12.4 Å². The van der Waals surface area contributed by atoms with Crippen LogP contribution < -0.4 is 4.74 Å². The van der Waals surface area contributed by atoms with Crippen LogP contribution in [-0.2, 0) is 27.2 Å². The number of ether oxygens (including phenoxy) is 3. The van der Waals surface area contributed by atoms with E-state index >= 15 is 0 Å². The van der Waals surface area contributed by atoms with Crippen LogP contribution in [0.2, 0.25) is 0 Å². The lowest BCUT2D eigenvalue weighted by molar-refractivity contribution is -0.374. The van der Waals surface area contributed by atoms with E-state index < -0.39 is 24.6 Å². The van der Waals surface area contributed by atoms with Crippen LogP contribution >= 0.6 is 21.6 Å². The number of benzene rings is 1. The fourth-order valence-electron chi connectivity index (χ4n) is 8.93. The first kappa shape index (κ1) is 38.2. The third-order valence-electron chi connectivity index (χ3n) is 11.9. The number of rotatable bonds is 13. The van der Waals surface area contributed by atoms with Gasteiger partial charge in [-0.1, -0.05) is 34.6 Å². The van der Waals surface area contributed by atoms with Gasteiger partial charge in [0.25, 0.3) is 5.60 Å². The van der Waals surface area contributed by atoms with Gasteiger partial charge in [0.2, 0.25) is 5.91 Å². The minimum Gasteiger partial charge on any atom is -0.493 e. The Morgan fingerprint density at radius 1 is 1.08 bits per heavy atom. The second-order valence-corrected chi connectivity index (χ2v) is 17.6. The first-order valence-electron chi connectivity index (χ1n) is 18.9. The van der Waals surface area contributed by atoms with Crippen LogP contribution in [0, 0.1) is 24.2 Å². The summed E-state index contributed by atoms with van der Waals surface area (Å²) in [6.45, 7) is 2.36. The zero-order valence-electron chi connectivity index (χ0n) is 30.6. The number of nitrogens with one attached hydrogen (secondary N) is 1. The van der Waals surface area contributed by atoms with Gasteiger partial charge in [0.05, 0.1) is 32.3 Å². The number of nitrogens with zero attached hydrogens (tertiary/aromatic N) is 2. The number of halogens is 6. The van der Waals surface area contributed by atoms with Gasteiger partial charge in [-0.05, 0) is 112 Å². The van der Waals surface area contributed by atoms with Gasteiger partial charge in [0, 0.05) is 37.4 Å². The molecule has 6 unspecified atom stereocenters. The summed E-state index contributed by atoms with van der Waals surface area (Å²) in [6.07, 6.45) is -2.85. The number of hydrogen-bond donors (Lipinski definition) is 1. The summed E-state index contributed by atoms with van der Waals surface area (Å²) in [5.41, 5.74) is -0.977. The normalized spacial score (nSPS) is 28.1. The topological polar surface area (TPSA) is 76.7 Å². The number of aryl methyl sites for hydroxylation is 2. The monoisotopic (exact) mass is 778 g/mol. The largest absolute Gasteiger partial charge is 0.493 e. The third-order valence-corrected chi connectivity index (χ3v) is 14.4. The molecule has 1 aromatic carbocycles. The van der Waals surface area contributed by atoms with E-state index in [0.29, 0.717) is 30.1 Å². The van der Waals surface area contributed by atoms with Crippen molar-refractivity contribution in [2.45, 2.75) is 121 Å². The zero-order chi connectivity index (χ0) is 38.0. The van der Waals surface area contributed by atoms with Crippen molar-refractivity contribution >= 4 is 27.5 Å². The highest BCUT2D eigenvalue weighted by Gasteiger charge is 2.69. The molecule has 6 atom stereocenters. The molecular weight excluding hydrogens is 729 g/mol. The predicted molar refractivity (Wildman–Crippen MR) is 189 cm³/mol. The minimum atomic E-state index is -5.57. The minimum absolute atomic E-state index is 0.0236. The Hall–Kier alpha value is -2.10. The van der Waals surface area contributed by atoms with Crippen molar-refractivity contribution in [3.8, 4) is 5.75 Å². The van der Waals surface area contributed by atoms with Gasteiger partial charge in [0.15, 0.2) is 0 Å². The van der Waals surface area contributed by atoms with E-state index in [2.05, 4.69) is 33.8 Å². The molecule has 2 saturated carbocycles. The number of H-pyrrole nitrogens is 1. The quantitative estimate of drug-likeness (QED) is 0.124. The van der Waals surface area contributed by atoms with Crippen LogP contribution in [0.1, 0.15) is 95.1 Å². The Morgan fingerprint density at radius 3 is 2.60 bits per heavy atom. The lowest BCUT2D eigenvalue weighted by Gasteiger charge is -2.50. The zero-order valence-corrected chi connectivity index (χ0v) is 31.3. The fraction of sp³-hybridized carbons (Fsp3) is 0.730. The number of carbonyl (C=O) groups excluding carboxylic acids is 1. The predicted octanol–water partition coefficient (Wildman–Crippen LogP) is 9.20. The summed E-state index contributed by atoms with van der Waals surface area (Å²) in [7, 11) is 3.61.